The number of nitrogens with one attached hydrogen (secondary N) is 1. The van der Waals surface area contributed by atoms with Gasteiger partial charge in [0.05, 0.1) is 0 Å². The molecule has 21 heavy (non-hydrogen) atoms. The van der Waals surface area contributed by atoms with Crippen LogP contribution in [0.1, 0.15) is 39.7 Å². The van der Waals surface area contributed by atoms with Gasteiger partial charge in [0.1, 0.15) is 5.75 Å². The largest absolute Gasteiger partial charge is 0.508 e. The number of hydrogen-bond acceptors (Lipinski definition) is 3. The molecule has 0 spiro atoms. The summed E-state index contributed by atoms with van der Waals surface area (Å²) in [7, 11) is 0. The molecule has 1 aliphatic heterocycles. The molecule has 0 aliphatic carbocycles. The van der Waals surface area contributed by atoms with E-state index in [1.54, 1.807) is 6.07 Å². The molecule has 0 amide bonds. The van der Waals surface area contributed by atoms with E-state index in [1.807, 2.05) is 18.2 Å². The third-order valence-electron chi connectivity index (χ3n) is 4.43. The average Bonchev–Trinajstić information content (AvgIpc) is 2.40. The molecule has 1 aromatic rings. The van der Waals surface area contributed by atoms with Gasteiger partial charge in [-0.05, 0) is 24.3 Å². The average molecular weight is 290 g/mol. The minimum atomic E-state index is 0.416. The Balaban J connectivity index is 2.09. The number of phenolic OH excluding ortho intramolecular Hbond substituents is 1. The third kappa shape index (κ3) is 4.45. The molecule has 2 rings (SSSR count). The highest BCUT2D eigenvalue weighted by atomic mass is 16.3. The Morgan fingerprint density at radius 1 is 1.24 bits per heavy atom. The van der Waals surface area contributed by atoms with Crippen molar-refractivity contribution in [3.63, 3.8) is 0 Å². The lowest BCUT2D eigenvalue weighted by Crippen LogP contribution is -2.58. The molecule has 1 aromatic carbocycles. The minimum Gasteiger partial charge on any atom is -0.508 e. The Morgan fingerprint density at radius 3 is 2.57 bits per heavy atom. The number of piperazine rings is 1. The lowest BCUT2D eigenvalue weighted by molar-refractivity contribution is 0.0844. The number of aromatic hydroxyl groups is 1. The van der Waals surface area contributed by atoms with Gasteiger partial charge >= 0.3 is 0 Å². The second-order valence-electron chi connectivity index (χ2n) is 7.10. The van der Waals surface area contributed by atoms with Crippen LogP contribution in [-0.4, -0.2) is 35.2 Å². The summed E-state index contributed by atoms with van der Waals surface area (Å²) in [5.74, 6) is 1.74. The van der Waals surface area contributed by atoms with Crippen molar-refractivity contribution < 1.29 is 5.11 Å². The number of benzene rings is 1. The Morgan fingerprint density at radius 2 is 1.95 bits per heavy atom. The zero-order valence-corrected chi connectivity index (χ0v) is 13.8. The predicted molar refractivity (Wildman–Crippen MR) is 88.4 cm³/mol. The SMILES string of the molecule is CC(C)C[C@H]1CN(Cc2ccccc2O)[C@@H](C(C)C)CN1. The molecule has 1 saturated heterocycles. The molecule has 118 valence electrons. The van der Waals surface area contributed by atoms with Gasteiger partial charge in [-0.3, -0.25) is 4.90 Å². The van der Waals surface area contributed by atoms with Gasteiger partial charge in [0.2, 0.25) is 0 Å². The van der Waals surface area contributed by atoms with E-state index < -0.39 is 0 Å². The van der Waals surface area contributed by atoms with E-state index in [-0.39, 0.29) is 0 Å². The van der Waals surface area contributed by atoms with Crippen LogP contribution < -0.4 is 5.32 Å². The smallest absolute Gasteiger partial charge is 0.120 e. The topological polar surface area (TPSA) is 35.5 Å². The summed E-state index contributed by atoms with van der Waals surface area (Å²) in [6.45, 7) is 12.1. The molecule has 0 saturated carbocycles. The molecule has 0 unspecified atom stereocenters. The van der Waals surface area contributed by atoms with Gasteiger partial charge in [0, 0.05) is 37.3 Å². The quantitative estimate of drug-likeness (QED) is 0.874. The first-order valence-electron chi connectivity index (χ1n) is 8.21. The van der Waals surface area contributed by atoms with E-state index in [0.29, 0.717) is 29.7 Å². The van der Waals surface area contributed by atoms with Crippen LogP contribution in [0.3, 0.4) is 0 Å². The van der Waals surface area contributed by atoms with Crippen molar-refractivity contribution in [2.24, 2.45) is 11.8 Å². The Bertz CT molecular complexity index is 445. The summed E-state index contributed by atoms with van der Waals surface area (Å²) in [4.78, 5) is 2.54. The predicted octanol–water partition coefficient (Wildman–Crippen LogP) is 3.24. The summed E-state index contributed by atoms with van der Waals surface area (Å²) in [6, 6.07) is 8.81. The highest BCUT2D eigenvalue weighted by Gasteiger charge is 2.30. The summed E-state index contributed by atoms with van der Waals surface area (Å²) in [5.41, 5.74) is 1.04. The van der Waals surface area contributed by atoms with Crippen molar-refractivity contribution in [3.05, 3.63) is 29.8 Å². The molecular weight excluding hydrogens is 260 g/mol. The lowest BCUT2D eigenvalue weighted by Gasteiger charge is -2.43. The molecule has 1 fully saturated rings. The van der Waals surface area contributed by atoms with Crippen molar-refractivity contribution in [3.8, 4) is 5.75 Å². The molecule has 1 aliphatic rings. The molecule has 2 atom stereocenters. The molecule has 3 nitrogen and oxygen atoms in total. The summed E-state index contributed by atoms with van der Waals surface area (Å²) < 4.78 is 0. The van der Waals surface area contributed by atoms with E-state index in [4.69, 9.17) is 0 Å². The molecule has 0 aromatic heterocycles. The van der Waals surface area contributed by atoms with E-state index in [0.717, 1.165) is 25.2 Å². The highest BCUT2D eigenvalue weighted by Crippen LogP contribution is 2.24. The molecule has 3 heteroatoms. The van der Waals surface area contributed by atoms with Crippen molar-refractivity contribution in [2.45, 2.75) is 52.7 Å². The normalized spacial score (nSPS) is 23.9. The maximum absolute atomic E-state index is 10.0. The third-order valence-corrected chi connectivity index (χ3v) is 4.43. The van der Waals surface area contributed by atoms with Crippen LogP contribution >= 0.6 is 0 Å². The van der Waals surface area contributed by atoms with E-state index in [9.17, 15) is 5.11 Å². The van der Waals surface area contributed by atoms with Gasteiger partial charge in [-0.2, -0.15) is 0 Å². The zero-order chi connectivity index (χ0) is 15.4. The van der Waals surface area contributed by atoms with Gasteiger partial charge in [-0.1, -0.05) is 45.9 Å². The van der Waals surface area contributed by atoms with Gasteiger partial charge in [0.25, 0.3) is 0 Å². The summed E-state index contributed by atoms with van der Waals surface area (Å²) in [6.07, 6.45) is 1.21. The number of rotatable bonds is 5. The first-order chi connectivity index (χ1) is 9.97. The van der Waals surface area contributed by atoms with Gasteiger partial charge < -0.3 is 10.4 Å². The van der Waals surface area contributed by atoms with Crippen LogP contribution in [0.5, 0.6) is 5.75 Å². The van der Waals surface area contributed by atoms with Gasteiger partial charge in [-0.15, -0.1) is 0 Å². The Kier molecular flexibility index (Phi) is 5.65. The van der Waals surface area contributed by atoms with Crippen LogP contribution in [0.4, 0.5) is 0 Å². The molecular formula is C18H30N2O. The van der Waals surface area contributed by atoms with Crippen molar-refractivity contribution in [2.75, 3.05) is 13.1 Å². The van der Waals surface area contributed by atoms with E-state index in [1.165, 1.54) is 6.42 Å². The lowest BCUT2D eigenvalue weighted by atomic mass is 9.94. The van der Waals surface area contributed by atoms with Crippen LogP contribution in [-0.2, 0) is 6.54 Å². The summed E-state index contributed by atoms with van der Waals surface area (Å²) in [5, 5.41) is 13.7. The van der Waals surface area contributed by atoms with Crippen LogP contribution in [0, 0.1) is 11.8 Å². The second-order valence-corrected chi connectivity index (χ2v) is 7.10. The highest BCUT2D eigenvalue weighted by molar-refractivity contribution is 5.31. The number of phenols is 1. The Labute approximate surface area is 129 Å². The fourth-order valence-corrected chi connectivity index (χ4v) is 3.33. The van der Waals surface area contributed by atoms with Crippen molar-refractivity contribution >= 4 is 0 Å². The van der Waals surface area contributed by atoms with Crippen LogP contribution in [0.15, 0.2) is 24.3 Å². The van der Waals surface area contributed by atoms with E-state index >= 15 is 0 Å². The number of para-hydroxylation sites is 1. The Hall–Kier alpha value is -1.06. The second kappa shape index (κ2) is 7.28. The van der Waals surface area contributed by atoms with E-state index in [2.05, 4.69) is 37.9 Å². The molecule has 1 heterocycles. The molecule has 0 radical (unpaired) electrons. The maximum Gasteiger partial charge on any atom is 0.120 e. The summed E-state index contributed by atoms with van der Waals surface area (Å²) >= 11 is 0. The van der Waals surface area contributed by atoms with Crippen LogP contribution in [0.2, 0.25) is 0 Å². The number of nitrogens with zero attached hydrogens (tertiary/aromatic N) is 1. The first-order valence-corrected chi connectivity index (χ1v) is 8.21. The van der Waals surface area contributed by atoms with Gasteiger partial charge in [0.15, 0.2) is 0 Å². The zero-order valence-electron chi connectivity index (χ0n) is 13.8. The fraction of sp³-hybridized carbons (Fsp3) is 0.667. The van der Waals surface area contributed by atoms with Crippen LogP contribution in [0.25, 0.3) is 0 Å². The monoisotopic (exact) mass is 290 g/mol. The van der Waals surface area contributed by atoms with Gasteiger partial charge in [-0.25, -0.2) is 0 Å². The minimum absolute atomic E-state index is 0.416. The van der Waals surface area contributed by atoms with Crippen molar-refractivity contribution in [1.82, 2.24) is 10.2 Å². The van der Waals surface area contributed by atoms with Crippen molar-refractivity contribution in [1.29, 1.82) is 0 Å². The molecule has 2 N–H and O–H groups in total. The first kappa shape index (κ1) is 16.3. The molecule has 0 bridgehead atoms. The standard InChI is InChI=1S/C18H30N2O/c1-13(2)9-16-12-20(17(10-19-16)14(3)4)11-15-7-5-6-8-18(15)21/h5-8,13-14,16-17,19,21H,9-12H2,1-4H3/t16-,17+/m0/s1. The maximum atomic E-state index is 10.0. The fourth-order valence-electron chi connectivity index (χ4n) is 3.33. The number of hydrogen-bond donors (Lipinski definition) is 2.